The zero-order chi connectivity index (χ0) is 17.1. The van der Waals surface area contributed by atoms with Crippen LogP contribution in [0.4, 0.5) is 5.95 Å². The number of ether oxygens (including phenoxy) is 2. The molecule has 2 aromatic rings. The number of amides is 1. The standard InChI is InChI=1S/C17H20N4O3/c1-11-6-13(20-17(19-11)21(2)3)9-18-16(22)8-12-4-5-14-15(7-12)24-10-23-14/h4-7H,8-10H2,1-3H3,(H,18,22). The predicted molar refractivity (Wildman–Crippen MR) is 89.2 cm³/mol. The number of fused-ring (bicyclic) bond motifs is 1. The van der Waals surface area contributed by atoms with Gasteiger partial charge in [0.2, 0.25) is 18.6 Å². The molecule has 0 saturated carbocycles. The Bertz CT molecular complexity index is 761. The van der Waals surface area contributed by atoms with Crippen LogP contribution in [0, 0.1) is 6.92 Å². The third-order valence-electron chi connectivity index (χ3n) is 3.56. The van der Waals surface area contributed by atoms with E-state index in [1.807, 2.05) is 50.2 Å². The Morgan fingerprint density at radius 2 is 2.00 bits per heavy atom. The van der Waals surface area contributed by atoms with Crippen molar-refractivity contribution in [1.82, 2.24) is 15.3 Å². The van der Waals surface area contributed by atoms with E-state index in [4.69, 9.17) is 9.47 Å². The van der Waals surface area contributed by atoms with E-state index < -0.39 is 0 Å². The number of nitrogens with zero attached hydrogens (tertiary/aromatic N) is 3. The van der Waals surface area contributed by atoms with Crippen LogP contribution in [0.15, 0.2) is 24.3 Å². The highest BCUT2D eigenvalue weighted by Crippen LogP contribution is 2.32. The van der Waals surface area contributed by atoms with Gasteiger partial charge in [0, 0.05) is 19.8 Å². The fourth-order valence-electron chi connectivity index (χ4n) is 2.40. The van der Waals surface area contributed by atoms with Gasteiger partial charge in [-0.15, -0.1) is 0 Å². The molecule has 1 aromatic carbocycles. The van der Waals surface area contributed by atoms with E-state index in [0.29, 0.717) is 24.0 Å². The van der Waals surface area contributed by atoms with Gasteiger partial charge in [0.05, 0.1) is 18.7 Å². The number of hydrogen-bond donors (Lipinski definition) is 1. The van der Waals surface area contributed by atoms with Gasteiger partial charge in [-0.05, 0) is 30.7 Å². The maximum Gasteiger partial charge on any atom is 0.231 e. The third kappa shape index (κ3) is 3.73. The van der Waals surface area contributed by atoms with E-state index in [1.54, 1.807) is 0 Å². The summed E-state index contributed by atoms with van der Waals surface area (Å²) in [5, 5.41) is 2.89. The van der Waals surface area contributed by atoms with E-state index >= 15 is 0 Å². The van der Waals surface area contributed by atoms with Gasteiger partial charge in [0.1, 0.15) is 0 Å². The molecule has 126 valence electrons. The molecule has 0 bridgehead atoms. The first-order valence-corrected chi connectivity index (χ1v) is 7.68. The highest BCUT2D eigenvalue weighted by Gasteiger charge is 2.14. The molecule has 3 rings (SSSR count). The van der Waals surface area contributed by atoms with Gasteiger partial charge in [0.15, 0.2) is 11.5 Å². The summed E-state index contributed by atoms with van der Waals surface area (Å²) in [6.45, 7) is 2.51. The van der Waals surface area contributed by atoms with Crippen molar-refractivity contribution >= 4 is 11.9 Å². The zero-order valence-corrected chi connectivity index (χ0v) is 14.0. The van der Waals surface area contributed by atoms with Crippen molar-refractivity contribution in [3.8, 4) is 11.5 Å². The fourth-order valence-corrected chi connectivity index (χ4v) is 2.40. The molecule has 7 heteroatoms. The van der Waals surface area contributed by atoms with E-state index in [1.165, 1.54) is 0 Å². The van der Waals surface area contributed by atoms with Crippen LogP contribution >= 0.6 is 0 Å². The van der Waals surface area contributed by atoms with Gasteiger partial charge < -0.3 is 19.7 Å². The Balaban J connectivity index is 1.60. The molecule has 24 heavy (non-hydrogen) atoms. The number of aryl methyl sites for hydroxylation is 1. The lowest BCUT2D eigenvalue weighted by Crippen LogP contribution is -2.25. The van der Waals surface area contributed by atoms with Crippen molar-refractivity contribution in [3.63, 3.8) is 0 Å². The summed E-state index contributed by atoms with van der Waals surface area (Å²) >= 11 is 0. The molecule has 1 aromatic heterocycles. The van der Waals surface area contributed by atoms with Crippen LogP contribution in [0.3, 0.4) is 0 Å². The number of aromatic nitrogens is 2. The molecule has 2 heterocycles. The number of carbonyl (C=O) groups is 1. The number of benzene rings is 1. The SMILES string of the molecule is Cc1cc(CNC(=O)Cc2ccc3c(c2)OCO3)nc(N(C)C)n1. The van der Waals surface area contributed by atoms with Gasteiger partial charge in [0.25, 0.3) is 0 Å². The number of rotatable bonds is 5. The number of hydrogen-bond acceptors (Lipinski definition) is 6. The second-order valence-corrected chi connectivity index (χ2v) is 5.84. The minimum absolute atomic E-state index is 0.0727. The lowest BCUT2D eigenvalue weighted by atomic mass is 10.1. The minimum atomic E-state index is -0.0727. The average molecular weight is 328 g/mol. The third-order valence-corrected chi connectivity index (χ3v) is 3.56. The van der Waals surface area contributed by atoms with Crippen LogP contribution < -0.4 is 19.7 Å². The van der Waals surface area contributed by atoms with Crippen LogP contribution in [0.5, 0.6) is 11.5 Å². The maximum absolute atomic E-state index is 12.2. The molecular formula is C17H20N4O3. The first-order chi connectivity index (χ1) is 11.5. The van der Waals surface area contributed by atoms with Crippen LogP contribution in [-0.2, 0) is 17.8 Å². The van der Waals surface area contributed by atoms with Gasteiger partial charge in [-0.1, -0.05) is 6.07 Å². The molecule has 0 aliphatic carbocycles. The molecule has 0 radical (unpaired) electrons. The van der Waals surface area contributed by atoms with Crippen molar-refractivity contribution in [3.05, 3.63) is 41.2 Å². The largest absolute Gasteiger partial charge is 0.454 e. The monoisotopic (exact) mass is 328 g/mol. The van der Waals surface area contributed by atoms with E-state index in [2.05, 4.69) is 15.3 Å². The molecule has 0 atom stereocenters. The van der Waals surface area contributed by atoms with E-state index in [0.717, 1.165) is 17.0 Å². The van der Waals surface area contributed by atoms with Crippen molar-refractivity contribution in [2.24, 2.45) is 0 Å². The normalized spacial score (nSPS) is 12.1. The number of nitrogens with one attached hydrogen (secondary N) is 1. The van der Waals surface area contributed by atoms with Crippen LogP contribution in [-0.4, -0.2) is 36.8 Å². The summed E-state index contributed by atoms with van der Waals surface area (Å²) in [6, 6.07) is 7.39. The summed E-state index contributed by atoms with van der Waals surface area (Å²) in [6.07, 6.45) is 0.279. The second kappa shape index (κ2) is 6.74. The first kappa shape index (κ1) is 16.0. The summed E-state index contributed by atoms with van der Waals surface area (Å²) in [5.41, 5.74) is 2.53. The molecule has 7 nitrogen and oxygen atoms in total. The first-order valence-electron chi connectivity index (χ1n) is 7.68. The van der Waals surface area contributed by atoms with Crippen LogP contribution in [0.2, 0.25) is 0 Å². The Labute approximate surface area is 140 Å². The molecule has 0 spiro atoms. The molecular weight excluding hydrogens is 308 g/mol. The molecule has 1 N–H and O–H groups in total. The number of carbonyl (C=O) groups excluding carboxylic acids is 1. The van der Waals surface area contributed by atoms with Gasteiger partial charge >= 0.3 is 0 Å². The van der Waals surface area contributed by atoms with Crippen molar-refractivity contribution < 1.29 is 14.3 Å². The Kier molecular flexibility index (Phi) is 4.50. The molecule has 0 unspecified atom stereocenters. The molecule has 1 amide bonds. The Morgan fingerprint density at radius 3 is 2.79 bits per heavy atom. The lowest BCUT2D eigenvalue weighted by molar-refractivity contribution is -0.120. The van der Waals surface area contributed by atoms with Crippen LogP contribution in [0.1, 0.15) is 17.0 Å². The minimum Gasteiger partial charge on any atom is -0.454 e. The summed E-state index contributed by atoms with van der Waals surface area (Å²) in [5.74, 6) is 1.96. The molecule has 0 saturated heterocycles. The van der Waals surface area contributed by atoms with Gasteiger partial charge in [-0.3, -0.25) is 4.79 Å². The summed E-state index contributed by atoms with van der Waals surface area (Å²) < 4.78 is 10.6. The topological polar surface area (TPSA) is 76.6 Å². The van der Waals surface area contributed by atoms with E-state index in [-0.39, 0.29) is 19.1 Å². The van der Waals surface area contributed by atoms with Crippen molar-refractivity contribution in [2.45, 2.75) is 19.9 Å². The zero-order valence-electron chi connectivity index (χ0n) is 14.0. The summed E-state index contributed by atoms with van der Waals surface area (Å²) in [7, 11) is 3.77. The van der Waals surface area contributed by atoms with E-state index in [9.17, 15) is 4.79 Å². The lowest BCUT2D eigenvalue weighted by Gasteiger charge is -2.12. The molecule has 0 fully saturated rings. The maximum atomic E-state index is 12.2. The van der Waals surface area contributed by atoms with Crippen molar-refractivity contribution in [1.29, 1.82) is 0 Å². The summed E-state index contributed by atoms with van der Waals surface area (Å²) in [4.78, 5) is 22.8. The Hall–Kier alpha value is -2.83. The smallest absolute Gasteiger partial charge is 0.231 e. The predicted octanol–water partition coefficient (Wildman–Crippen LogP) is 1.44. The second-order valence-electron chi connectivity index (χ2n) is 5.84. The van der Waals surface area contributed by atoms with Gasteiger partial charge in [-0.2, -0.15) is 0 Å². The highest BCUT2D eigenvalue weighted by atomic mass is 16.7. The highest BCUT2D eigenvalue weighted by molar-refractivity contribution is 5.78. The molecule has 1 aliphatic heterocycles. The number of anilines is 1. The average Bonchev–Trinajstić information content (AvgIpc) is 3.00. The van der Waals surface area contributed by atoms with Crippen molar-refractivity contribution in [2.75, 3.05) is 25.8 Å². The quantitative estimate of drug-likeness (QED) is 0.895. The van der Waals surface area contributed by atoms with Gasteiger partial charge in [-0.25, -0.2) is 9.97 Å². The fraction of sp³-hybridized carbons (Fsp3) is 0.353. The Morgan fingerprint density at radius 1 is 1.21 bits per heavy atom. The molecule has 1 aliphatic rings. The van der Waals surface area contributed by atoms with Crippen LogP contribution in [0.25, 0.3) is 0 Å².